The molecule has 1 saturated heterocycles. The standard InChI is InChI=1S/C32H38N6O6/c1-19(2)23-15-24(37-32(33)36-23)31(41)38-13-12-26-25(17-38)35-30(40)18-43-27-10-6-20(14-28(27)42-3)7-11-29(39)34-16-21-4-8-22(44-26)9-5-21/h4-6,8-10,14-15,19,25-26H,7,11-13,16-18H2,1-3H3,(H,34,39)(H,35,40)(H2,33,36,37)/t25-,26-/m1/s1. The number of rotatable bonds is 3. The molecule has 3 aromatic rings. The van der Waals surface area contributed by atoms with Crippen LogP contribution >= 0.6 is 0 Å². The van der Waals surface area contributed by atoms with Crippen molar-refractivity contribution in [2.75, 3.05) is 32.5 Å². The number of hydrogen-bond acceptors (Lipinski definition) is 9. The number of benzene rings is 2. The van der Waals surface area contributed by atoms with E-state index in [1.807, 2.05) is 44.2 Å². The van der Waals surface area contributed by atoms with Gasteiger partial charge in [-0.1, -0.05) is 32.0 Å². The summed E-state index contributed by atoms with van der Waals surface area (Å²) in [6, 6.07) is 14.0. The lowest BCUT2D eigenvalue weighted by atomic mass is 10.0. The minimum absolute atomic E-state index is 0.0391. The fourth-order valence-corrected chi connectivity index (χ4v) is 5.23. The van der Waals surface area contributed by atoms with E-state index in [0.29, 0.717) is 55.3 Å². The topological polar surface area (TPSA) is 158 Å². The van der Waals surface area contributed by atoms with Gasteiger partial charge in [-0.05, 0) is 53.8 Å². The predicted molar refractivity (Wildman–Crippen MR) is 162 cm³/mol. The summed E-state index contributed by atoms with van der Waals surface area (Å²) in [6.07, 6.45) is 0.880. The third kappa shape index (κ3) is 7.55. The van der Waals surface area contributed by atoms with E-state index in [1.165, 1.54) is 7.11 Å². The van der Waals surface area contributed by atoms with Crippen LogP contribution in [0.3, 0.4) is 0 Å². The molecule has 5 aliphatic heterocycles. The number of carbonyl (C=O) groups excluding carboxylic acids is 3. The van der Waals surface area contributed by atoms with Crippen LogP contribution in [-0.4, -0.2) is 71.5 Å². The number of nitrogens with one attached hydrogen (secondary N) is 2. The van der Waals surface area contributed by atoms with Crippen LogP contribution in [0, 0.1) is 0 Å². The summed E-state index contributed by atoms with van der Waals surface area (Å²) in [4.78, 5) is 49.3. The summed E-state index contributed by atoms with van der Waals surface area (Å²) < 4.78 is 17.6. The van der Waals surface area contributed by atoms with Gasteiger partial charge in [0.2, 0.25) is 11.9 Å². The van der Waals surface area contributed by atoms with Gasteiger partial charge in [-0.15, -0.1) is 0 Å². The number of piperidine rings is 1. The second-order valence-corrected chi connectivity index (χ2v) is 11.3. The third-order valence-electron chi connectivity index (χ3n) is 7.68. The first-order chi connectivity index (χ1) is 21.2. The highest BCUT2D eigenvalue weighted by molar-refractivity contribution is 5.93. The maximum atomic E-state index is 13.5. The summed E-state index contributed by atoms with van der Waals surface area (Å²) in [7, 11) is 1.52. The molecule has 0 radical (unpaired) electrons. The molecule has 0 saturated carbocycles. The van der Waals surface area contributed by atoms with Gasteiger partial charge in [-0.2, -0.15) is 0 Å². The Hall–Kier alpha value is -4.87. The quantitative estimate of drug-likeness (QED) is 0.410. The van der Waals surface area contributed by atoms with Crippen LogP contribution in [0.15, 0.2) is 48.5 Å². The van der Waals surface area contributed by atoms with E-state index in [2.05, 4.69) is 20.6 Å². The predicted octanol–water partition coefficient (Wildman–Crippen LogP) is 2.61. The number of carbonyl (C=O) groups is 3. The van der Waals surface area contributed by atoms with Crippen molar-refractivity contribution in [3.8, 4) is 17.2 Å². The van der Waals surface area contributed by atoms with Crippen LogP contribution in [-0.2, 0) is 22.6 Å². The number of nitrogen functional groups attached to an aromatic ring is 1. The van der Waals surface area contributed by atoms with Gasteiger partial charge in [0.1, 0.15) is 17.5 Å². The minimum atomic E-state index is -0.540. The fraction of sp³-hybridized carbons (Fsp3) is 0.406. The molecule has 6 heterocycles. The molecule has 0 unspecified atom stereocenters. The number of aromatic nitrogens is 2. The number of nitrogens with zero attached hydrogens (tertiary/aromatic N) is 3. The first-order valence-electron chi connectivity index (χ1n) is 14.7. The molecule has 0 aliphatic carbocycles. The summed E-state index contributed by atoms with van der Waals surface area (Å²) in [5.74, 6) is 0.849. The summed E-state index contributed by atoms with van der Waals surface area (Å²) in [6.45, 7) is 4.63. The van der Waals surface area contributed by atoms with Gasteiger partial charge in [-0.3, -0.25) is 14.4 Å². The summed E-state index contributed by atoms with van der Waals surface area (Å²) in [5.41, 5.74) is 8.63. The largest absolute Gasteiger partial charge is 0.493 e. The maximum absolute atomic E-state index is 13.5. The molecule has 2 aromatic carbocycles. The molecule has 0 spiro atoms. The van der Waals surface area contributed by atoms with E-state index >= 15 is 0 Å². The first-order valence-corrected chi connectivity index (χ1v) is 14.7. The Kier molecular flexibility index (Phi) is 9.47. The van der Waals surface area contributed by atoms with E-state index in [-0.39, 0.29) is 48.4 Å². The zero-order chi connectivity index (χ0) is 31.2. The molecular formula is C32H38N6O6. The Bertz CT molecular complexity index is 1510. The van der Waals surface area contributed by atoms with E-state index in [1.54, 1.807) is 23.1 Å². The molecule has 2 atom stereocenters. The van der Waals surface area contributed by atoms with Crippen LogP contribution in [0.25, 0.3) is 0 Å². The van der Waals surface area contributed by atoms with Gasteiger partial charge in [0.15, 0.2) is 18.1 Å². The van der Waals surface area contributed by atoms with Crippen molar-refractivity contribution in [1.29, 1.82) is 0 Å². The van der Waals surface area contributed by atoms with E-state index in [4.69, 9.17) is 19.9 Å². The molecule has 4 N–H and O–H groups in total. The zero-order valence-electron chi connectivity index (χ0n) is 25.2. The summed E-state index contributed by atoms with van der Waals surface area (Å²) in [5, 5.41) is 5.97. The lowest BCUT2D eigenvalue weighted by Gasteiger charge is -2.38. The molecule has 1 aromatic heterocycles. The van der Waals surface area contributed by atoms with Crippen molar-refractivity contribution in [1.82, 2.24) is 25.5 Å². The van der Waals surface area contributed by atoms with Gasteiger partial charge in [0, 0.05) is 38.2 Å². The smallest absolute Gasteiger partial charge is 0.272 e. The molecule has 4 bridgehead atoms. The average molecular weight is 603 g/mol. The average Bonchev–Trinajstić information content (AvgIpc) is 3.02. The van der Waals surface area contributed by atoms with Crippen molar-refractivity contribution >= 4 is 23.7 Å². The van der Waals surface area contributed by atoms with Crippen molar-refractivity contribution in [2.24, 2.45) is 0 Å². The van der Waals surface area contributed by atoms with Gasteiger partial charge < -0.3 is 35.5 Å². The Labute approximate surface area is 256 Å². The molecule has 8 rings (SSSR count). The molecule has 12 nitrogen and oxygen atoms in total. The van der Waals surface area contributed by atoms with E-state index in [9.17, 15) is 14.4 Å². The fourth-order valence-electron chi connectivity index (χ4n) is 5.23. The SMILES string of the molecule is COc1cc2ccc1OCC(=O)N[C@@H]1CN(C(=O)c3cc(C(C)C)nc(N)n3)CC[C@H]1Oc1ccc(cc1)CNC(=O)CC2. The third-order valence-corrected chi connectivity index (χ3v) is 7.68. The molecule has 5 aliphatic rings. The van der Waals surface area contributed by atoms with Crippen molar-refractivity contribution in [2.45, 2.75) is 57.7 Å². The lowest BCUT2D eigenvalue weighted by Crippen LogP contribution is -2.58. The molecule has 232 valence electrons. The van der Waals surface area contributed by atoms with Crippen molar-refractivity contribution < 1.29 is 28.6 Å². The molecule has 12 heteroatoms. The molecule has 3 amide bonds. The first kappa shape index (κ1) is 30.6. The number of ether oxygens (including phenoxy) is 3. The van der Waals surface area contributed by atoms with Crippen LogP contribution in [0.1, 0.15) is 59.9 Å². The maximum Gasteiger partial charge on any atom is 0.272 e. The number of methoxy groups -OCH3 is 1. The van der Waals surface area contributed by atoms with E-state index < -0.39 is 12.1 Å². The number of nitrogens with two attached hydrogens (primary N) is 1. The highest BCUT2D eigenvalue weighted by Gasteiger charge is 2.35. The van der Waals surface area contributed by atoms with Crippen LogP contribution in [0.2, 0.25) is 0 Å². The Morgan fingerprint density at radius 3 is 2.57 bits per heavy atom. The normalized spacial score (nSPS) is 19.3. The lowest BCUT2D eigenvalue weighted by molar-refractivity contribution is -0.125. The number of hydrogen-bond donors (Lipinski definition) is 3. The highest BCUT2D eigenvalue weighted by atomic mass is 16.5. The molecular weight excluding hydrogens is 564 g/mol. The number of aryl methyl sites for hydroxylation is 1. The number of anilines is 1. The van der Waals surface area contributed by atoms with Crippen LogP contribution in [0.4, 0.5) is 5.95 Å². The minimum Gasteiger partial charge on any atom is -0.493 e. The van der Waals surface area contributed by atoms with Gasteiger partial charge in [-0.25, -0.2) is 9.97 Å². The second-order valence-electron chi connectivity index (χ2n) is 11.3. The number of amides is 3. The molecule has 1 fully saturated rings. The Morgan fingerprint density at radius 2 is 1.82 bits per heavy atom. The Morgan fingerprint density at radius 1 is 1.05 bits per heavy atom. The van der Waals surface area contributed by atoms with Crippen LogP contribution < -0.4 is 30.6 Å². The van der Waals surface area contributed by atoms with E-state index in [0.717, 1.165) is 11.1 Å². The van der Waals surface area contributed by atoms with Crippen molar-refractivity contribution in [3.05, 3.63) is 71.0 Å². The highest BCUT2D eigenvalue weighted by Crippen LogP contribution is 2.29. The monoisotopic (exact) mass is 602 g/mol. The van der Waals surface area contributed by atoms with Crippen molar-refractivity contribution in [3.63, 3.8) is 0 Å². The van der Waals surface area contributed by atoms with Gasteiger partial charge in [0.05, 0.1) is 13.2 Å². The second kappa shape index (κ2) is 13.6. The number of likely N-dealkylation sites (tertiary alicyclic amines) is 1. The Balaban J connectivity index is 1.38. The van der Waals surface area contributed by atoms with Gasteiger partial charge >= 0.3 is 0 Å². The van der Waals surface area contributed by atoms with Gasteiger partial charge in [0.25, 0.3) is 11.8 Å². The molecule has 44 heavy (non-hydrogen) atoms. The summed E-state index contributed by atoms with van der Waals surface area (Å²) >= 11 is 0. The zero-order valence-corrected chi connectivity index (χ0v) is 25.2. The van der Waals surface area contributed by atoms with Crippen LogP contribution in [0.5, 0.6) is 17.2 Å².